The Morgan fingerprint density at radius 3 is 2.71 bits per heavy atom. The molecule has 1 aromatic heterocycles. The highest BCUT2D eigenvalue weighted by atomic mass is 16.5. The zero-order valence-electron chi connectivity index (χ0n) is 11.7. The van der Waals surface area contributed by atoms with E-state index in [4.69, 9.17) is 10.3 Å². The van der Waals surface area contributed by atoms with Crippen LogP contribution in [0.25, 0.3) is 0 Å². The number of nitrogens with zero attached hydrogens (tertiary/aromatic N) is 1. The zero-order valence-corrected chi connectivity index (χ0v) is 11.7. The molecular weight excluding hydrogens is 272 g/mol. The summed E-state index contributed by atoms with van der Waals surface area (Å²) in [4.78, 5) is 23.1. The summed E-state index contributed by atoms with van der Waals surface area (Å²) >= 11 is 0. The second kappa shape index (κ2) is 6.08. The van der Waals surface area contributed by atoms with Gasteiger partial charge in [-0.2, -0.15) is 0 Å². The van der Waals surface area contributed by atoms with Crippen LogP contribution in [0, 0.1) is 6.92 Å². The van der Waals surface area contributed by atoms with E-state index in [-0.39, 0.29) is 5.91 Å². The maximum Gasteiger partial charge on any atom is 0.248 e. The molecule has 2 rings (SSSR count). The maximum absolute atomic E-state index is 12.0. The van der Waals surface area contributed by atoms with Gasteiger partial charge in [-0.1, -0.05) is 11.2 Å². The minimum Gasteiger partial charge on any atom is -0.374 e. The van der Waals surface area contributed by atoms with Crippen molar-refractivity contribution in [1.29, 1.82) is 0 Å². The van der Waals surface area contributed by atoms with Crippen molar-refractivity contribution >= 4 is 23.3 Å². The molecule has 110 valence electrons. The van der Waals surface area contributed by atoms with Crippen LogP contribution in [-0.4, -0.2) is 23.0 Å². The van der Waals surface area contributed by atoms with Crippen molar-refractivity contribution in [2.45, 2.75) is 19.9 Å². The number of hydrogen-bond acceptors (Lipinski definition) is 5. The molecule has 2 amide bonds. The van der Waals surface area contributed by atoms with Gasteiger partial charge < -0.3 is 20.9 Å². The van der Waals surface area contributed by atoms with Crippen molar-refractivity contribution in [3.63, 3.8) is 0 Å². The van der Waals surface area contributed by atoms with E-state index in [0.29, 0.717) is 22.8 Å². The zero-order chi connectivity index (χ0) is 15.4. The average molecular weight is 288 g/mol. The van der Waals surface area contributed by atoms with Crippen LogP contribution in [0.15, 0.2) is 34.9 Å². The molecule has 4 N–H and O–H groups in total. The minimum atomic E-state index is -0.523. The number of aromatic nitrogens is 1. The van der Waals surface area contributed by atoms with Crippen LogP contribution < -0.4 is 16.4 Å². The Morgan fingerprint density at radius 1 is 1.33 bits per heavy atom. The van der Waals surface area contributed by atoms with Gasteiger partial charge in [-0.05, 0) is 32.0 Å². The molecule has 0 bridgehead atoms. The van der Waals surface area contributed by atoms with E-state index in [0.717, 1.165) is 0 Å². The Balaban J connectivity index is 2.00. The van der Waals surface area contributed by atoms with Gasteiger partial charge in [0.15, 0.2) is 5.82 Å². The number of amides is 2. The van der Waals surface area contributed by atoms with Gasteiger partial charge in [0.1, 0.15) is 11.8 Å². The third-order valence-corrected chi connectivity index (χ3v) is 2.80. The molecule has 0 aliphatic heterocycles. The highest BCUT2D eigenvalue weighted by molar-refractivity contribution is 5.96. The van der Waals surface area contributed by atoms with Crippen molar-refractivity contribution in [2.75, 3.05) is 10.6 Å². The van der Waals surface area contributed by atoms with Crippen molar-refractivity contribution in [1.82, 2.24) is 5.16 Å². The van der Waals surface area contributed by atoms with E-state index in [1.807, 2.05) is 0 Å². The van der Waals surface area contributed by atoms with Gasteiger partial charge in [-0.3, -0.25) is 9.59 Å². The van der Waals surface area contributed by atoms with Crippen LogP contribution >= 0.6 is 0 Å². The highest BCUT2D eigenvalue weighted by Gasteiger charge is 2.15. The number of carbonyl (C=O) groups excluding carboxylic acids is 2. The normalized spacial score (nSPS) is 11.7. The summed E-state index contributed by atoms with van der Waals surface area (Å²) in [5.74, 6) is 0.179. The van der Waals surface area contributed by atoms with Gasteiger partial charge in [-0.15, -0.1) is 0 Å². The molecular formula is C14H16N4O3. The molecule has 0 fully saturated rings. The summed E-state index contributed by atoms with van der Waals surface area (Å²) in [5, 5.41) is 9.29. The molecule has 21 heavy (non-hydrogen) atoms. The molecule has 0 unspecified atom stereocenters. The molecule has 1 atom stereocenters. The Kier molecular flexibility index (Phi) is 4.22. The summed E-state index contributed by atoms with van der Waals surface area (Å²) in [6.45, 7) is 3.43. The summed E-state index contributed by atoms with van der Waals surface area (Å²) in [6.07, 6.45) is 0. The lowest BCUT2D eigenvalue weighted by atomic mass is 10.2. The van der Waals surface area contributed by atoms with Crippen LogP contribution in [0.5, 0.6) is 0 Å². The Hall–Kier alpha value is -2.83. The number of nitrogens with two attached hydrogens (primary N) is 1. The number of primary amides is 1. The fraction of sp³-hybridized carbons (Fsp3) is 0.214. The minimum absolute atomic E-state index is 0.271. The number of rotatable bonds is 5. The maximum atomic E-state index is 12.0. The first-order chi connectivity index (χ1) is 9.95. The monoisotopic (exact) mass is 288 g/mol. The fourth-order valence-electron chi connectivity index (χ4n) is 1.74. The number of benzene rings is 1. The summed E-state index contributed by atoms with van der Waals surface area (Å²) < 4.78 is 4.87. The number of hydrogen-bond donors (Lipinski definition) is 3. The third kappa shape index (κ3) is 3.82. The van der Waals surface area contributed by atoms with Crippen molar-refractivity contribution in [3.05, 3.63) is 41.7 Å². The lowest BCUT2D eigenvalue weighted by molar-refractivity contribution is -0.116. The smallest absolute Gasteiger partial charge is 0.248 e. The van der Waals surface area contributed by atoms with Crippen LogP contribution in [0.1, 0.15) is 23.0 Å². The van der Waals surface area contributed by atoms with E-state index >= 15 is 0 Å². The molecule has 2 aromatic rings. The van der Waals surface area contributed by atoms with Crippen LogP contribution in [0.4, 0.5) is 11.5 Å². The van der Waals surface area contributed by atoms with Crippen LogP contribution in [-0.2, 0) is 4.79 Å². The SMILES string of the molecule is Cc1cc(NC(=O)[C@H](C)Nc2cccc(C(N)=O)c2)no1. The quantitative estimate of drug-likeness (QED) is 0.772. The molecule has 7 nitrogen and oxygen atoms in total. The second-order valence-corrected chi connectivity index (χ2v) is 4.62. The first-order valence-corrected chi connectivity index (χ1v) is 6.36. The topological polar surface area (TPSA) is 110 Å². The Labute approximate surface area is 121 Å². The lowest BCUT2D eigenvalue weighted by Gasteiger charge is -2.14. The largest absolute Gasteiger partial charge is 0.374 e. The second-order valence-electron chi connectivity index (χ2n) is 4.62. The summed E-state index contributed by atoms with van der Waals surface area (Å²) in [6, 6.07) is 7.73. The van der Waals surface area contributed by atoms with Gasteiger partial charge in [0, 0.05) is 17.3 Å². The molecule has 1 aromatic carbocycles. The van der Waals surface area contributed by atoms with Crippen LogP contribution in [0.3, 0.4) is 0 Å². The first kappa shape index (κ1) is 14.6. The van der Waals surface area contributed by atoms with Crippen molar-refractivity contribution in [2.24, 2.45) is 5.73 Å². The molecule has 0 aliphatic carbocycles. The number of carbonyl (C=O) groups is 2. The molecule has 0 radical (unpaired) electrons. The first-order valence-electron chi connectivity index (χ1n) is 6.36. The number of nitrogens with one attached hydrogen (secondary N) is 2. The third-order valence-electron chi connectivity index (χ3n) is 2.80. The molecule has 0 spiro atoms. The van der Waals surface area contributed by atoms with Gasteiger partial charge >= 0.3 is 0 Å². The molecule has 0 saturated heterocycles. The molecule has 7 heteroatoms. The Morgan fingerprint density at radius 2 is 2.10 bits per heavy atom. The van der Waals surface area contributed by atoms with Gasteiger partial charge in [0.05, 0.1) is 0 Å². The van der Waals surface area contributed by atoms with E-state index < -0.39 is 11.9 Å². The van der Waals surface area contributed by atoms with Crippen molar-refractivity contribution < 1.29 is 14.1 Å². The Bertz CT molecular complexity index is 666. The van der Waals surface area contributed by atoms with Gasteiger partial charge in [0.2, 0.25) is 11.8 Å². The van der Waals surface area contributed by atoms with Gasteiger partial charge in [-0.25, -0.2) is 0 Å². The van der Waals surface area contributed by atoms with Crippen molar-refractivity contribution in [3.8, 4) is 0 Å². The average Bonchev–Trinajstić information content (AvgIpc) is 2.84. The predicted molar refractivity (Wildman–Crippen MR) is 77.9 cm³/mol. The predicted octanol–water partition coefficient (Wildman–Crippen LogP) is 1.52. The van der Waals surface area contributed by atoms with Gasteiger partial charge in [0.25, 0.3) is 0 Å². The fourth-order valence-corrected chi connectivity index (χ4v) is 1.74. The van der Waals surface area contributed by atoms with Crippen LogP contribution in [0.2, 0.25) is 0 Å². The molecule has 0 aliphatic rings. The summed E-state index contributed by atoms with van der Waals surface area (Å²) in [5.41, 5.74) is 6.22. The molecule has 1 heterocycles. The number of aryl methyl sites for hydroxylation is 1. The van der Waals surface area contributed by atoms with E-state index in [1.54, 1.807) is 44.2 Å². The van der Waals surface area contributed by atoms with E-state index in [2.05, 4.69) is 15.8 Å². The standard InChI is InChI=1S/C14H16N4O3/c1-8-6-12(18-21-8)17-14(20)9(2)16-11-5-3-4-10(7-11)13(15)19/h3-7,9,16H,1-2H3,(H2,15,19)(H,17,18,20)/t9-/m0/s1. The lowest BCUT2D eigenvalue weighted by Crippen LogP contribution is -2.32. The highest BCUT2D eigenvalue weighted by Crippen LogP contribution is 2.13. The molecule has 0 saturated carbocycles. The van der Waals surface area contributed by atoms with E-state index in [1.165, 1.54) is 0 Å². The summed E-state index contributed by atoms with van der Waals surface area (Å²) in [7, 11) is 0. The van der Waals surface area contributed by atoms with E-state index in [9.17, 15) is 9.59 Å². The number of anilines is 2.